The predicted molar refractivity (Wildman–Crippen MR) is 112 cm³/mol. The van der Waals surface area contributed by atoms with E-state index in [1.807, 2.05) is 31.2 Å². The van der Waals surface area contributed by atoms with Crippen LogP contribution in [0.2, 0.25) is 0 Å². The van der Waals surface area contributed by atoms with E-state index in [0.717, 1.165) is 35.6 Å². The second-order valence-corrected chi connectivity index (χ2v) is 8.88. The van der Waals surface area contributed by atoms with Gasteiger partial charge in [-0.2, -0.15) is 0 Å². The van der Waals surface area contributed by atoms with E-state index >= 15 is 0 Å². The molecule has 3 aromatic rings. The molecule has 3 heterocycles. The van der Waals surface area contributed by atoms with Crippen molar-refractivity contribution in [1.29, 1.82) is 0 Å². The van der Waals surface area contributed by atoms with E-state index in [-0.39, 0.29) is 0 Å². The number of nitrogens with zero attached hydrogens (tertiary/aromatic N) is 5. The average molecular weight is 407 g/mol. The quantitative estimate of drug-likeness (QED) is 0.657. The fourth-order valence-electron chi connectivity index (χ4n) is 3.37. The van der Waals surface area contributed by atoms with Crippen molar-refractivity contribution in [3.05, 3.63) is 65.8 Å². The van der Waals surface area contributed by atoms with Gasteiger partial charge in [0.25, 0.3) is 0 Å². The van der Waals surface area contributed by atoms with E-state index < -0.39 is 9.84 Å². The highest BCUT2D eigenvalue weighted by atomic mass is 32.2. The molecular weight excluding hydrogens is 386 g/mol. The molecule has 1 aliphatic heterocycles. The van der Waals surface area contributed by atoms with Crippen molar-refractivity contribution < 1.29 is 8.42 Å². The highest BCUT2D eigenvalue weighted by molar-refractivity contribution is 7.90. The fraction of sp³-hybridized carbons (Fsp3) is 0.238. The first-order chi connectivity index (χ1) is 14.0. The van der Waals surface area contributed by atoms with Crippen molar-refractivity contribution in [3.8, 4) is 11.6 Å². The molecule has 2 aromatic heterocycles. The Hall–Kier alpha value is -3.13. The van der Waals surface area contributed by atoms with Crippen molar-refractivity contribution in [2.45, 2.75) is 24.8 Å². The van der Waals surface area contributed by atoms with Gasteiger partial charge in [-0.3, -0.25) is 0 Å². The standard InChI is InChI=1S/C21H21N5O2S/c1-3-5-18-17-14-26(15-6-8-16(9-7-15)29(2,27)28)13-10-19(17)25-21(24-18)20-22-11-4-12-23-20/h3-9,11-12H,10,13-14H2,1-2H3. The van der Waals surface area contributed by atoms with Crippen LogP contribution >= 0.6 is 0 Å². The van der Waals surface area contributed by atoms with E-state index in [9.17, 15) is 8.42 Å². The summed E-state index contributed by atoms with van der Waals surface area (Å²) in [5.41, 5.74) is 3.91. The number of hydrogen-bond donors (Lipinski definition) is 0. The summed E-state index contributed by atoms with van der Waals surface area (Å²) in [6, 6.07) is 8.77. The van der Waals surface area contributed by atoms with Crippen LogP contribution in [0.25, 0.3) is 17.7 Å². The summed E-state index contributed by atoms with van der Waals surface area (Å²) in [7, 11) is -3.20. The Labute approximate surface area is 170 Å². The SMILES string of the molecule is CC=Cc1nc(-c2ncccn2)nc2c1CN(c1ccc(S(C)(=O)=O)cc1)CC2. The summed E-state index contributed by atoms with van der Waals surface area (Å²) in [4.78, 5) is 20.5. The largest absolute Gasteiger partial charge is 0.367 e. The maximum absolute atomic E-state index is 11.7. The Bertz CT molecular complexity index is 1160. The molecule has 0 saturated carbocycles. The second-order valence-electron chi connectivity index (χ2n) is 6.87. The van der Waals surface area contributed by atoms with Crippen LogP contribution in [0.4, 0.5) is 5.69 Å². The van der Waals surface area contributed by atoms with Crippen molar-refractivity contribution in [3.63, 3.8) is 0 Å². The number of anilines is 1. The molecule has 8 heteroatoms. The Morgan fingerprint density at radius 2 is 1.76 bits per heavy atom. The minimum absolute atomic E-state index is 0.323. The van der Waals surface area contributed by atoms with Crippen LogP contribution in [0, 0.1) is 0 Å². The zero-order valence-electron chi connectivity index (χ0n) is 16.3. The fourth-order valence-corrected chi connectivity index (χ4v) is 4.00. The van der Waals surface area contributed by atoms with Gasteiger partial charge < -0.3 is 4.90 Å². The third-order valence-electron chi connectivity index (χ3n) is 4.81. The third-order valence-corrected chi connectivity index (χ3v) is 5.94. The normalized spacial score (nSPS) is 14.2. The molecule has 0 amide bonds. The van der Waals surface area contributed by atoms with E-state index in [0.29, 0.717) is 23.1 Å². The van der Waals surface area contributed by atoms with Gasteiger partial charge in [0.15, 0.2) is 21.5 Å². The number of allylic oxidation sites excluding steroid dienone is 1. The Kier molecular flexibility index (Phi) is 5.10. The summed E-state index contributed by atoms with van der Waals surface area (Å²) in [6.45, 7) is 3.40. The van der Waals surface area contributed by atoms with E-state index in [2.05, 4.69) is 14.9 Å². The summed E-state index contributed by atoms with van der Waals surface area (Å²) in [5, 5.41) is 0. The average Bonchev–Trinajstić information content (AvgIpc) is 2.74. The van der Waals surface area contributed by atoms with Crippen molar-refractivity contribution in [2.75, 3.05) is 17.7 Å². The highest BCUT2D eigenvalue weighted by Crippen LogP contribution is 2.28. The first-order valence-electron chi connectivity index (χ1n) is 9.30. The Balaban J connectivity index is 1.68. The molecule has 0 saturated heterocycles. The molecule has 0 unspecified atom stereocenters. The first kappa shape index (κ1) is 19.2. The number of aromatic nitrogens is 4. The lowest BCUT2D eigenvalue weighted by Crippen LogP contribution is -2.32. The monoisotopic (exact) mass is 407 g/mol. The lowest BCUT2D eigenvalue weighted by molar-refractivity contribution is 0.602. The summed E-state index contributed by atoms with van der Waals surface area (Å²) < 4.78 is 23.4. The van der Waals surface area contributed by atoms with Gasteiger partial charge in [0, 0.05) is 49.4 Å². The summed E-state index contributed by atoms with van der Waals surface area (Å²) >= 11 is 0. The number of hydrogen-bond acceptors (Lipinski definition) is 7. The number of fused-ring (bicyclic) bond motifs is 1. The topological polar surface area (TPSA) is 88.9 Å². The van der Waals surface area contributed by atoms with Crippen LogP contribution in [0.3, 0.4) is 0 Å². The summed E-state index contributed by atoms with van der Waals surface area (Å²) in [6.07, 6.45) is 9.27. The molecule has 0 aliphatic carbocycles. The minimum atomic E-state index is -3.20. The van der Waals surface area contributed by atoms with Gasteiger partial charge in [0.2, 0.25) is 0 Å². The molecule has 29 heavy (non-hydrogen) atoms. The molecule has 1 aromatic carbocycles. The van der Waals surface area contributed by atoms with Gasteiger partial charge >= 0.3 is 0 Å². The van der Waals surface area contributed by atoms with Crippen LogP contribution in [0.1, 0.15) is 23.9 Å². The number of benzene rings is 1. The minimum Gasteiger partial charge on any atom is -0.367 e. The lowest BCUT2D eigenvalue weighted by atomic mass is 10.0. The zero-order chi connectivity index (χ0) is 20.4. The highest BCUT2D eigenvalue weighted by Gasteiger charge is 2.23. The van der Waals surface area contributed by atoms with Crippen molar-refractivity contribution in [1.82, 2.24) is 19.9 Å². The molecule has 0 N–H and O–H groups in total. The van der Waals surface area contributed by atoms with E-state index in [4.69, 9.17) is 9.97 Å². The molecule has 0 spiro atoms. The molecule has 0 fully saturated rings. The summed E-state index contributed by atoms with van der Waals surface area (Å²) in [5.74, 6) is 1.04. The molecule has 0 radical (unpaired) electrons. The molecule has 4 rings (SSSR count). The maximum atomic E-state index is 11.7. The van der Waals surface area contributed by atoms with Gasteiger partial charge in [-0.05, 0) is 43.3 Å². The van der Waals surface area contributed by atoms with Gasteiger partial charge in [0.1, 0.15) is 0 Å². The first-order valence-corrected chi connectivity index (χ1v) is 11.2. The zero-order valence-corrected chi connectivity index (χ0v) is 17.1. The van der Waals surface area contributed by atoms with Crippen LogP contribution < -0.4 is 4.90 Å². The van der Waals surface area contributed by atoms with Crippen LogP contribution in [0.15, 0.2) is 53.7 Å². The number of rotatable bonds is 4. The maximum Gasteiger partial charge on any atom is 0.198 e. The van der Waals surface area contributed by atoms with Crippen LogP contribution in [-0.2, 0) is 22.8 Å². The third kappa shape index (κ3) is 4.02. The van der Waals surface area contributed by atoms with Gasteiger partial charge in [0.05, 0.1) is 16.3 Å². The van der Waals surface area contributed by atoms with E-state index in [1.165, 1.54) is 6.26 Å². The Morgan fingerprint density at radius 3 is 2.41 bits per heavy atom. The molecule has 0 atom stereocenters. The molecule has 1 aliphatic rings. The number of sulfone groups is 1. The van der Waals surface area contributed by atoms with Crippen LogP contribution in [0.5, 0.6) is 0 Å². The van der Waals surface area contributed by atoms with Gasteiger partial charge in [-0.25, -0.2) is 28.4 Å². The smallest absolute Gasteiger partial charge is 0.198 e. The van der Waals surface area contributed by atoms with Gasteiger partial charge in [-0.15, -0.1) is 0 Å². The molecule has 0 bridgehead atoms. The van der Waals surface area contributed by atoms with Crippen molar-refractivity contribution >= 4 is 21.6 Å². The van der Waals surface area contributed by atoms with Crippen LogP contribution in [-0.4, -0.2) is 41.2 Å². The van der Waals surface area contributed by atoms with Gasteiger partial charge in [-0.1, -0.05) is 6.08 Å². The van der Waals surface area contributed by atoms with Crippen molar-refractivity contribution in [2.24, 2.45) is 0 Å². The Morgan fingerprint density at radius 1 is 1.03 bits per heavy atom. The second kappa shape index (κ2) is 7.71. The molecule has 148 valence electrons. The van der Waals surface area contributed by atoms with E-state index in [1.54, 1.807) is 30.6 Å². The molecule has 7 nitrogen and oxygen atoms in total. The molecular formula is C21H21N5O2S. The predicted octanol–water partition coefficient (Wildman–Crippen LogP) is 2.93. The lowest BCUT2D eigenvalue weighted by Gasteiger charge is -2.31.